The van der Waals surface area contributed by atoms with Gasteiger partial charge in [0.15, 0.2) is 0 Å². The van der Waals surface area contributed by atoms with E-state index in [1.807, 2.05) is 29.2 Å². The monoisotopic (exact) mass is 382 g/mol. The first-order valence-electron chi connectivity index (χ1n) is 9.91. The predicted octanol–water partition coefficient (Wildman–Crippen LogP) is 1.98. The zero-order valence-corrected chi connectivity index (χ0v) is 15.9. The third-order valence-electron chi connectivity index (χ3n) is 5.53. The van der Waals surface area contributed by atoms with Gasteiger partial charge in [0, 0.05) is 63.9 Å². The molecule has 1 amide bonds. The minimum Gasteiger partial charge on any atom is -0.489 e. The van der Waals surface area contributed by atoms with Crippen LogP contribution in [0.4, 0.5) is 5.82 Å². The molecule has 7 nitrogen and oxygen atoms in total. The molecule has 0 bridgehead atoms. The molecule has 0 unspecified atom stereocenters. The molecular weight excluding hydrogens is 356 g/mol. The number of likely N-dealkylation sites (tertiary alicyclic amines) is 1. The van der Waals surface area contributed by atoms with Crippen LogP contribution in [0.15, 0.2) is 42.9 Å². The second kappa shape index (κ2) is 8.56. The van der Waals surface area contributed by atoms with E-state index in [-0.39, 0.29) is 18.6 Å². The number of anilines is 1. The summed E-state index contributed by atoms with van der Waals surface area (Å²) >= 11 is 0. The molecule has 0 spiro atoms. The van der Waals surface area contributed by atoms with Crippen molar-refractivity contribution in [2.24, 2.45) is 5.92 Å². The Hall–Kier alpha value is -2.67. The van der Waals surface area contributed by atoms with Crippen LogP contribution in [0.2, 0.25) is 0 Å². The van der Waals surface area contributed by atoms with Crippen molar-refractivity contribution in [3.63, 3.8) is 0 Å². The van der Waals surface area contributed by atoms with Crippen molar-refractivity contribution in [2.45, 2.75) is 25.4 Å². The molecule has 2 aromatic heterocycles. The van der Waals surface area contributed by atoms with Crippen LogP contribution in [0.3, 0.4) is 0 Å². The Labute approximate surface area is 165 Å². The Bertz CT molecular complexity index is 776. The quantitative estimate of drug-likeness (QED) is 0.852. The van der Waals surface area contributed by atoms with Crippen LogP contribution in [0.1, 0.15) is 29.6 Å². The summed E-state index contributed by atoms with van der Waals surface area (Å²) in [4.78, 5) is 25.4. The first-order chi connectivity index (χ1) is 13.7. The van der Waals surface area contributed by atoms with Gasteiger partial charge in [-0.1, -0.05) is 0 Å². The van der Waals surface area contributed by atoms with E-state index < -0.39 is 0 Å². The van der Waals surface area contributed by atoms with E-state index >= 15 is 0 Å². The summed E-state index contributed by atoms with van der Waals surface area (Å²) in [6, 6.07) is 7.53. The third kappa shape index (κ3) is 4.25. The fraction of sp³-hybridized carbons (Fsp3) is 0.476. The number of amides is 1. The third-order valence-corrected chi connectivity index (χ3v) is 5.53. The van der Waals surface area contributed by atoms with Crippen LogP contribution in [0, 0.1) is 5.92 Å². The summed E-state index contributed by atoms with van der Waals surface area (Å²) in [6.45, 7) is 3.29. The van der Waals surface area contributed by atoms with Crippen molar-refractivity contribution in [1.82, 2.24) is 14.9 Å². The van der Waals surface area contributed by atoms with Crippen molar-refractivity contribution >= 4 is 11.7 Å². The molecule has 2 aliphatic rings. The van der Waals surface area contributed by atoms with Gasteiger partial charge in [-0.05, 0) is 30.7 Å². The SMILES string of the molecule is O=C(c1ccc(N2CC[C@@H](CO)C2)nc1)N1CCC(Oc2cccnc2)CC1. The lowest BCUT2D eigenvalue weighted by Crippen LogP contribution is -2.41. The van der Waals surface area contributed by atoms with E-state index in [9.17, 15) is 9.90 Å². The molecule has 4 rings (SSSR count). The standard InChI is InChI=1S/C21H26N4O3/c26-15-16-5-9-25(14-16)20-4-3-17(12-23-20)21(27)24-10-6-18(7-11-24)28-19-2-1-8-22-13-19/h1-4,8,12-13,16,18,26H,5-7,9-11,14-15H2/t16-/m1/s1. The maximum atomic E-state index is 12.8. The molecule has 0 aromatic carbocycles. The summed E-state index contributed by atoms with van der Waals surface area (Å²) in [5.41, 5.74) is 0.619. The molecule has 2 fully saturated rings. The number of pyridine rings is 2. The number of hydrogen-bond acceptors (Lipinski definition) is 6. The number of rotatable bonds is 5. The maximum absolute atomic E-state index is 12.8. The number of nitrogens with zero attached hydrogens (tertiary/aromatic N) is 4. The van der Waals surface area contributed by atoms with Crippen molar-refractivity contribution in [3.05, 3.63) is 48.4 Å². The second-order valence-corrected chi connectivity index (χ2v) is 7.49. The average Bonchev–Trinajstić information content (AvgIpc) is 3.24. The molecule has 2 saturated heterocycles. The number of piperidine rings is 1. The number of aromatic nitrogens is 2. The van der Waals surface area contributed by atoms with Gasteiger partial charge in [0.05, 0.1) is 11.8 Å². The van der Waals surface area contributed by atoms with E-state index in [0.29, 0.717) is 24.6 Å². The lowest BCUT2D eigenvalue weighted by Gasteiger charge is -2.32. The van der Waals surface area contributed by atoms with Crippen LogP contribution >= 0.6 is 0 Å². The van der Waals surface area contributed by atoms with Crippen molar-refractivity contribution < 1.29 is 14.6 Å². The zero-order chi connectivity index (χ0) is 19.3. The number of aliphatic hydroxyl groups excluding tert-OH is 1. The van der Waals surface area contributed by atoms with Gasteiger partial charge in [-0.25, -0.2) is 4.98 Å². The van der Waals surface area contributed by atoms with Crippen molar-refractivity contribution in [2.75, 3.05) is 37.7 Å². The van der Waals surface area contributed by atoms with E-state index in [0.717, 1.165) is 43.9 Å². The van der Waals surface area contributed by atoms with Crippen molar-refractivity contribution in [3.8, 4) is 5.75 Å². The van der Waals surface area contributed by atoms with Crippen LogP contribution in [0.5, 0.6) is 5.75 Å². The van der Waals surface area contributed by atoms with Gasteiger partial charge in [0.25, 0.3) is 5.91 Å². The lowest BCUT2D eigenvalue weighted by atomic mass is 10.1. The Morgan fingerprint density at radius 1 is 1.14 bits per heavy atom. The molecule has 1 atom stereocenters. The second-order valence-electron chi connectivity index (χ2n) is 7.49. The average molecular weight is 382 g/mol. The Morgan fingerprint density at radius 3 is 2.64 bits per heavy atom. The predicted molar refractivity (Wildman–Crippen MR) is 105 cm³/mol. The largest absolute Gasteiger partial charge is 0.489 e. The van der Waals surface area contributed by atoms with Gasteiger partial charge in [0.1, 0.15) is 17.7 Å². The first kappa shape index (κ1) is 18.7. The molecule has 148 valence electrons. The Kier molecular flexibility index (Phi) is 5.71. The van der Waals surface area contributed by atoms with Gasteiger partial charge >= 0.3 is 0 Å². The maximum Gasteiger partial charge on any atom is 0.255 e. The minimum atomic E-state index is 0.0218. The topological polar surface area (TPSA) is 78.8 Å². The number of carbonyl (C=O) groups excluding carboxylic acids is 1. The summed E-state index contributed by atoms with van der Waals surface area (Å²) in [7, 11) is 0. The molecule has 0 radical (unpaired) electrons. The highest BCUT2D eigenvalue weighted by atomic mass is 16.5. The van der Waals surface area contributed by atoms with Gasteiger partial charge < -0.3 is 19.6 Å². The van der Waals surface area contributed by atoms with E-state index in [4.69, 9.17) is 4.74 Å². The summed E-state index contributed by atoms with van der Waals surface area (Å²) in [5.74, 6) is 1.99. The molecule has 28 heavy (non-hydrogen) atoms. The highest BCUT2D eigenvalue weighted by Gasteiger charge is 2.26. The molecule has 7 heteroatoms. The molecule has 1 N–H and O–H groups in total. The van der Waals surface area contributed by atoms with E-state index in [1.54, 1.807) is 18.6 Å². The van der Waals surface area contributed by atoms with E-state index in [1.165, 1.54) is 0 Å². The van der Waals surface area contributed by atoms with Gasteiger partial charge in [-0.15, -0.1) is 0 Å². The molecular formula is C21H26N4O3. The highest BCUT2D eigenvalue weighted by Crippen LogP contribution is 2.23. The molecule has 2 aromatic rings. The van der Waals surface area contributed by atoms with Crippen LogP contribution < -0.4 is 9.64 Å². The van der Waals surface area contributed by atoms with Crippen LogP contribution in [-0.4, -0.2) is 64.8 Å². The van der Waals surface area contributed by atoms with Gasteiger partial charge in [-0.3, -0.25) is 9.78 Å². The summed E-state index contributed by atoms with van der Waals surface area (Å²) in [6.07, 6.45) is 7.82. The van der Waals surface area contributed by atoms with Crippen LogP contribution in [0.25, 0.3) is 0 Å². The number of ether oxygens (including phenoxy) is 1. The van der Waals surface area contributed by atoms with Crippen LogP contribution in [-0.2, 0) is 0 Å². The van der Waals surface area contributed by atoms with Gasteiger partial charge in [-0.2, -0.15) is 0 Å². The fourth-order valence-corrected chi connectivity index (χ4v) is 3.86. The first-order valence-corrected chi connectivity index (χ1v) is 9.91. The number of hydrogen-bond donors (Lipinski definition) is 1. The summed E-state index contributed by atoms with van der Waals surface area (Å²) < 4.78 is 5.94. The minimum absolute atomic E-state index is 0.0218. The smallest absolute Gasteiger partial charge is 0.255 e. The lowest BCUT2D eigenvalue weighted by molar-refractivity contribution is 0.0594. The fourth-order valence-electron chi connectivity index (χ4n) is 3.86. The van der Waals surface area contributed by atoms with Gasteiger partial charge in [0.2, 0.25) is 0 Å². The number of aliphatic hydroxyl groups is 1. The highest BCUT2D eigenvalue weighted by molar-refractivity contribution is 5.94. The Balaban J connectivity index is 1.30. The summed E-state index contributed by atoms with van der Waals surface area (Å²) in [5, 5.41) is 9.28. The van der Waals surface area contributed by atoms with E-state index in [2.05, 4.69) is 14.9 Å². The Morgan fingerprint density at radius 2 is 2.00 bits per heavy atom. The molecule has 0 aliphatic carbocycles. The molecule has 2 aliphatic heterocycles. The molecule has 0 saturated carbocycles. The van der Waals surface area contributed by atoms with Crippen molar-refractivity contribution in [1.29, 1.82) is 0 Å². The normalized spacial score (nSPS) is 20.4. The zero-order valence-electron chi connectivity index (χ0n) is 15.9. The number of carbonyl (C=O) groups is 1. The molecule has 4 heterocycles.